The Hall–Kier alpha value is -1.69. The molecule has 17 heavy (non-hydrogen) atoms. The molecule has 0 saturated heterocycles. The fraction of sp³-hybridized carbons (Fsp3) is 0.0909. The second kappa shape index (κ2) is 4.29. The van der Waals surface area contributed by atoms with Gasteiger partial charge in [0.25, 0.3) is 0 Å². The average molecular weight is 300 g/mol. The van der Waals surface area contributed by atoms with Gasteiger partial charge in [-0.3, -0.25) is 0 Å². The number of carbonyl (C=O) groups is 1. The minimum Gasteiger partial charge on any atom is -0.476 e. The maximum absolute atomic E-state index is 13.7. The van der Waals surface area contributed by atoms with Crippen LogP contribution in [-0.4, -0.2) is 16.2 Å². The van der Waals surface area contributed by atoms with E-state index >= 15 is 0 Å². The van der Waals surface area contributed by atoms with Crippen molar-refractivity contribution in [2.45, 2.75) is 6.92 Å². The number of rotatable bonds is 2. The molecule has 1 N–H and O–H groups in total. The molecule has 1 aromatic carbocycles. The van der Waals surface area contributed by atoms with Crippen LogP contribution in [0.25, 0.3) is 11.3 Å². The van der Waals surface area contributed by atoms with Crippen molar-refractivity contribution in [1.82, 2.24) is 5.16 Å². The lowest BCUT2D eigenvalue weighted by Gasteiger charge is -2.04. The molecule has 0 spiro atoms. The van der Waals surface area contributed by atoms with Gasteiger partial charge in [-0.1, -0.05) is 11.2 Å². The molecule has 1 heterocycles. The molecule has 0 unspecified atom stereocenters. The molecular formula is C11H7BrFNO3. The number of nitrogens with zero attached hydrogens (tertiary/aromatic N) is 1. The summed E-state index contributed by atoms with van der Waals surface area (Å²) in [6.07, 6.45) is 0. The molecule has 2 rings (SSSR count). The number of hydrogen-bond donors (Lipinski definition) is 1. The Bertz CT molecular complexity index is 594. The van der Waals surface area contributed by atoms with E-state index in [9.17, 15) is 9.18 Å². The number of aromatic carboxylic acids is 1. The molecule has 0 amide bonds. The molecule has 0 radical (unpaired) electrons. The number of carboxylic acids is 1. The number of benzene rings is 1. The SMILES string of the molecule is Cc1ccc(F)c(-c2cc(C(=O)O)no2)c1Br. The van der Waals surface area contributed by atoms with Crippen LogP contribution >= 0.6 is 15.9 Å². The second-order valence-corrected chi connectivity index (χ2v) is 4.23. The van der Waals surface area contributed by atoms with Crippen LogP contribution in [0.1, 0.15) is 16.1 Å². The van der Waals surface area contributed by atoms with Gasteiger partial charge in [0.2, 0.25) is 0 Å². The van der Waals surface area contributed by atoms with Gasteiger partial charge in [-0.05, 0) is 34.5 Å². The van der Waals surface area contributed by atoms with Crippen molar-refractivity contribution < 1.29 is 18.8 Å². The van der Waals surface area contributed by atoms with Crippen LogP contribution in [0.5, 0.6) is 0 Å². The lowest BCUT2D eigenvalue weighted by Crippen LogP contribution is -1.94. The molecule has 0 atom stereocenters. The summed E-state index contributed by atoms with van der Waals surface area (Å²) in [6, 6.07) is 4.08. The Morgan fingerprint density at radius 2 is 2.24 bits per heavy atom. The van der Waals surface area contributed by atoms with Crippen LogP contribution in [0.2, 0.25) is 0 Å². The third-order valence-corrected chi connectivity index (χ3v) is 3.28. The van der Waals surface area contributed by atoms with Crippen LogP contribution in [0.3, 0.4) is 0 Å². The molecule has 0 aliphatic rings. The van der Waals surface area contributed by atoms with E-state index < -0.39 is 11.8 Å². The zero-order chi connectivity index (χ0) is 12.6. The van der Waals surface area contributed by atoms with E-state index in [-0.39, 0.29) is 17.0 Å². The van der Waals surface area contributed by atoms with Gasteiger partial charge in [-0.2, -0.15) is 0 Å². The third-order valence-electron chi connectivity index (χ3n) is 2.26. The van der Waals surface area contributed by atoms with E-state index in [0.717, 1.165) is 5.56 Å². The van der Waals surface area contributed by atoms with Crippen LogP contribution in [0.15, 0.2) is 27.2 Å². The minimum absolute atomic E-state index is 0.0791. The largest absolute Gasteiger partial charge is 0.476 e. The molecule has 1 aromatic heterocycles. The van der Waals surface area contributed by atoms with E-state index in [1.807, 2.05) is 0 Å². The standard InChI is InChI=1S/C11H7BrFNO3/c1-5-2-3-6(13)9(10(5)12)8-4-7(11(15)16)14-17-8/h2-4H,1H3,(H,15,16). The monoisotopic (exact) mass is 299 g/mol. The van der Waals surface area contributed by atoms with Gasteiger partial charge in [0.05, 0.1) is 5.56 Å². The van der Waals surface area contributed by atoms with E-state index in [0.29, 0.717) is 4.47 Å². The summed E-state index contributed by atoms with van der Waals surface area (Å²) in [6.45, 7) is 1.79. The Balaban J connectivity index is 2.60. The quantitative estimate of drug-likeness (QED) is 0.924. The van der Waals surface area contributed by atoms with Crippen molar-refractivity contribution in [2.75, 3.05) is 0 Å². The summed E-state index contributed by atoms with van der Waals surface area (Å²) >= 11 is 3.24. The van der Waals surface area contributed by atoms with Gasteiger partial charge >= 0.3 is 5.97 Å². The number of halogens is 2. The van der Waals surface area contributed by atoms with E-state index in [4.69, 9.17) is 9.63 Å². The summed E-state index contributed by atoms with van der Waals surface area (Å²) in [5.41, 5.74) is 0.729. The number of aryl methyl sites for hydroxylation is 1. The van der Waals surface area contributed by atoms with Crippen molar-refractivity contribution in [3.63, 3.8) is 0 Å². The zero-order valence-electron chi connectivity index (χ0n) is 8.70. The lowest BCUT2D eigenvalue weighted by molar-refractivity contribution is 0.0686. The Kier molecular flexibility index (Phi) is 2.97. The Morgan fingerprint density at radius 1 is 1.53 bits per heavy atom. The molecular weight excluding hydrogens is 293 g/mol. The molecule has 0 bridgehead atoms. The van der Waals surface area contributed by atoms with Crippen molar-refractivity contribution in [3.8, 4) is 11.3 Å². The average Bonchev–Trinajstić information content (AvgIpc) is 2.73. The summed E-state index contributed by atoms with van der Waals surface area (Å²) in [5, 5.41) is 12.1. The molecule has 0 aliphatic carbocycles. The van der Waals surface area contributed by atoms with E-state index in [2.05, 4.69) is 21.1 Å². The normalized spacial score (nSPS) is 10.5. The molecule has 0 fully saturated rings. The zero-order valence-corrected chi connectivity index (χ0v) is 10.3. The van der Waals surface area contributed by atoms with Crippen LogP contribution in [0.4, 0.5) is 4.39 Å². The number of hydrogen-bond acceptors (Lipinski definition) is 3. The summed E-state index contributed by atoms with van der Waals surface area (Å²) in [4.78, 5) is 10.7. The molecule has 88 valence electrons. The number of aromatic nitrogens is 1. The van der Waals surface area contributed by atoms with Crippen molar-refractivity contribution >= 4 is 21.9 Å². The predicted molar refractivity (Wildman–Crippen MR) is 61.3 cm³/mol. The Morgan fingerprint density at radius 3 is 2.82 bits per heavy atom. The van der Waals surface area contributed by atoms with Gasteiger partial charge in [-0.25, -0.2) is 9.18 Å². The highest BCUT2D eigenvalue weighted by molar-refractivity contribution is 9.10. The van der Waals surface area contributed by atoms with E-state index in [1.54, 1.807) is 13.0 Å². The first-order valence-corrected chi connectivity index (χ1v) is 5.45. The molecule has 4 nitrogen and oxygen atoms in total. The smallest absolute Gasteiger partial charge is 0.358 e. The second-order valence-electron chi connectivity index (χ2n) is 3.43. The first-order valence-electron chi connectivity index (χ1n) is 4.65. The van der Waals surface area contributed by atoms with Crippen molar-refractivity contribution in [2.24, 2.45) is 0 Å². The summed E-state index contributed by atoms with van der Waals surface area (Å²) in [7, 11) is 0. The highest BCUT2D eigenvalue weighted by Crippen LogP contribution is 2.33. The van der Waals surface area contributed by atoms with Crippen molar-refractivity contribution in [1.29, 1.82) is 0 Å². The maximum Gasteiger partial charge on any atom is 0.358 e. The fourth-order valence-corrected chi connectivity index (χ4v) is 1.89. The first-order chi connectivity index (χ1) is 8.00. The highest BCUT2D eigenvalue weighted by Gasteiger charge is 2.18. The van der Waals surface area contributed by atoms with Gasteiger partial charge in [0.15, 0.2) is 11.5 Å². The topological polar surface area (TPSA) is 63.3 Å². The van der Waals surface area contributed by atoms with Gasteiger partial charge in [0, 0.05) is 10.5 Å². The summed E-state index contributed by atoms with van der Waals surface area (Å²) in [5.74, 6) is -1.64. The highest BCUT2D eigenvalue weighted by atomic mass is 79.9. The summed E-state index contributed by atoms with van der Waals surface area (Å²) < 4.78 is 19.0. The van der Waals surface area contributed by atoms with Gasteiger partial charge < -0.3 is 9.63 Å². The van der Waals surface area contributed by atoms with Crippen LogP contribution in [0, 0.1) is 12.7 Å². The molecule has 0 saturated carbocycles. The molecule has 6 heteroatoms. The third kappa shape index (κ3) is 2.08. The lowest BCUT2D eigenvalue weighted by atomic mass is 10.1. The van der Waals surface area contributed by atoms with Gasteiger partial charge in [0.1, 0.15) is 5.82 Å². The Labute approximate surface area is 104 Å². The maximum atomic E-state index is 13.7. The van der Waals surface area contributed by atoms with Crippen molar-refractivity contribution in [3.05, 3.63) is 39.7 Å². The first kappa shape index (κ1) is 11.8. The van der Waals surface area contributed by atoms with E-state index in [1.165, 1.54) is 12.1 Å². The van der Waals surface area contributed by atoms with Crippen LogP contribution < -0.4 is 0 Å². The van der Waals surface area contributed by atoms with Gasteiger partial charge in [-0.15, -0.1) is 0 Å². The molecule has 2 aromatic rings. The molecule has 0 aliphatic heterocycles. The fourth-order valence-electron chi connectivity index (χ4n) is 1.38. The minimum atomic E-state index is -1.22. The number of carboxylic acid groups (broad SMARTS) is 1. The predicted octanol–water partition coefficient (Wildman–Crippen LogP) is 3.25. The van der Waals surface area contributed by atoms with Crippen LogP contribution in [-0.2, 0) is 0 Å².